The highest BCUT2D eigenvalue weighted by atomic mass is 16.5. The summed E-state index contributed by atoms with van der Waals surface area (Å²) in [4.78, 5) is 13.8. The van der Waals surface area contributed by atoms with Crippen LogP contribution in [0.4, 0.5) is 0 Å². The Balaban J connectivity index is 2.08. The van der Waals surface area contributed by atoms with Gasteiger partial charge in [-0.3, -0.25) is 4.90 Å². The maximum atomic E-state index is 11.5. The van der Waals surface area contributed by atoms with Crippen LogP contribution in [0, 0.1) is 6.92 Å². The molecule has 2 rings (SSSR count). The monoisotopic (exact) mass is 303 g/mol. The van der Waals surface area contributed by atoms with Crippen molar-refractivity contribution in [2.45, 2.75) is 46.7 Å². The van der Waals surface area contributed by atoms with Gasteiger partial charge >= 0.3 is 5.63 Å². The van der Waals surface area contributed by atoms with E-state index in [9.17, 15) is 4.79 Å². The molecule has 0 bridgehead atoms. The van der Waals surface area contributed by atoms with Crippen LogP contribution in [0.1, 0.15) is 33.3 Å². The molecule has 120 valence electrons. The fourth-order valence-corrected chi connectivity index (χ4v) is 2.78. The zero-order chi connectivity index (χ0) is 16.3. The molecule has 0 unspecified atom stereocenters. The largest absolute Gasteiger partial charge is 0.492 e. The Morgan fingerprint density at radius 2 is 1.82 bits per heavy atom. The summed E-state index contributed by atoms with van der Waals surface area (Å²) in [5.74, 6) is 0.730. The number of benzene rings is 1. The van der Waals surface area contributed by atoms with Gasteiger partial charge < -0.3 is 9.15 Å². The highest BCUT2D eigenvalue weighted by molar-refractivity contribution is 5.81. The Bertz CT molecular complexity index is 680. The molecule has 1 aromatic heterocycles. The van der Waals surface area contributed by atoms with Gasteiger partial charge in [0.15, 0.2) is 0 Å². The second-order valence-electron chi connectivity index (χ2n) is 6.18. The second kappa shape index (κ2) is 6.97. The first-order valence-electron chi connectivity index (χ1n) is 7.81. The number of fused-ring (bicyclic) bond motifs is 1. The zero-order valence-corrected chi connectivity index (χ0v) is 14.1. The van der Waals surface area contributed by atoms with Crippen LogP contribution in [0.25, 0.3) is 11.0 Å². The van der Waals surface area contributed by atoms with Crippen molar-refractivity contribution in [3.8, 4) is 5.75 Å². The molecule has 0 aliphatic carbocycles. The Hall–Kier alpha value is -1.81. The van der Waals surface area contributed by atoms with E-state index in [1.54, 1.807) is 6.07 Å². The average Bonchev–Trinajstić information content (AvgIpc) is 2.42. The summed E-state index contributed by atoms with van der Waals surface area (Å²) in [7, 11) is 0. The van der Waals surface area contributed by atoms with Crippen LogP contribution in [-0.2, 0) is 0 Å². The van der Waals surface area contributed by atoms with Crippen molar-refractivity contribution in [3.63, 3.8) is 0 Å². The third kappa shape index (κ3) is 3.89. The summed E-state index contributed by atoms with van der Waals surface area (Å²) in [6.45, 7) is 12.1. The van der Waals surface area contributed by atoms with Gasteiger partial charge in [0.25, 0.3) is 0 Å². The van der Waals surface area contributed by atoms with E-state index in [0.717, 1.165) is 23.2 Å². The second-order valence-corrected chi connectivity index (χ2v) is 6.18. The lowest BCUT2D eigenvalue weighted by Crippen LogP contribution is -2.39. The molecule has 0 spiro atoms. The van der Waals surface area contributed by atoms with E-state index in [-0.39, 0.29) is 5.63 Å². The van der Waals surface area contributed by atoms with Crippen molar-refractivity contribution in [3.05, 3.63) is 40.2 Å². The van der Waals surface area contributed by atoms with Crippen LogP contribution < -0.4 is 10.4 Å². The predicted molar refractivity (Wildman–Crippen MR) is 89.7 cm³/mol. The molecule has 0 atom stereocenters. The van der Waals surface area contributed by atoms with Gasteiger partial charge in [0.05, 0.1) is 0 Å². The number of hydrogen-bond acceptors (Lipinski definition) is 4. The molecule has 0 saturated carbocycles. The predicted octanol–water partition coefficient (Wildman–Crippen LogP) is 3.60. The van der Waals surface area contributed by atoms with E-state index in [4.69, 9.17) is 9.15 Å². The minimum atomic E-state index is -0.326. The number of aryl methyl sites for hydroxylation is 1. The van der Waals surface area contributed by atoms with Crippen LogP contribution in [0.2, 0.25) is 0 Å². The molecule has 22 heavy (non-hydrogen) atoms. The zero-order valence-electron chi connectivity index (χ0n) is 14.1. The van der Waals surface area contributed by atoms with E-state index in [2.05, 4.69) is 32.6 Å². The van der Waals surface area contributed by atoms with Crippen molar-refractivity contribution in [1.82, 2.24) is 4.90 Å². The van der Waals surface area contributed by atoms with Crippen molar-refractivity contribution < 1.29 is 9.15 Å². The van der Waals surface area contributed by atoms with Gasteiger partial charge in [0, 0.05) is 36.1 Å². The molecule has 0 fully saturated rings. The van der Waals surface area contributed by atoms with Gasteiger partial charge in [-0.05, 0) is 52.3 Å². The van der Waals surface area contributed by atoms with Crippen LogP contribution in [0.15, 0.2) is 33.5 Å². The Morgan fingerprint density at radius 3 is 2.45 bits per heavy atom. The molecule has 0 saturated heterocycles. The molecule has 1 heterocycles. The molecule has 0 amide bonds. The van der Waals surface area contributed by atoms with Crippen molar-refractivity contribution >= 4 is 11.0 Å². The molecular formula is C18H25NO3. The summed E-state index contributed by atoms with van der Waals surface area (Å²) in [6, 6.07) is 8.13. The topological polar surface area (TPSA) is 42.7 Å². The lowest BCUT2D eigenvalue weighted by molar-refractivity contribution is 0.142. The van der Waals surface area contributed by atoms with Crippen LogP contribution >= 0.6 is 0 Å². The molecule has 0 aliphatic rings. The normalized spacial score (nSPS) is 11.8. The Labute approximate surface area is 131 Å². The van der Waals surface area contributed by atoms with E-state index in [0.29, 0.717) is 24.3 Å². The molecule has 1 aromatic carbocycles. The Kier molecular flexibility index (Phi) is 5.24. The minimum absolute atomic E-state index is 0.326. The van der Waals surface area contributed by atoms with E-state index < -0.39 is 0 Å². The molecule has 4 nitrogen and oxygen atoms in total. The van der Waals surface area contributed by atoms with Crippen LogP contribution in [0.3, 0.4) is 0 Å². The summed E-state index contributed by atoms with van der Waals surface area (Å²) >= 11 is 0. The van der Waals surface area contributed by atoms with E-state index in [1.807, 2.05) is 19.1 Å². The average molecular weight is 303 g/mol. The summed E-state index contributed by atoms with van der Waals surface area (Å²) in [5.41, 5.74) is 1.17. The smallest absolute Gasteiger partial charge is 0.336 e. The first kappa shape index (κ1) is 16.6. The van der Waals surface area contributed by atoms with Crippen molar-refractivity contribution in [2.24, 2.45) is 0 Å². The number of ether oxygens (including phenoxy) is 1. The van der Waals surface area contributed by atoms with Gasteiger partial charge in [-0.1, -0.05) is 0 Å². The third-order valence-corrected chi connectivity index (χ3v) is 3.87. The van der Waals surface area contributed by atoms with Gasteiger partial charge in [0.1, 0.15) is 17.9 Å². The number of nitrogens with zero attached hydrogens (tertiary/aromatic N) is 1. The lowest BCUT2D eigenvalue weighted by Gasteiger charge is -2.30. The first-order chi connectivity index (χ1) is 10.4. The highest BCUT2D eigenvalue weighted by Gasteiger charge is 2.13. The van der Waals surface area contributed by atoms with Gasteiger partial charge in [-0.2, -0.15) is 0 Å². The third-order valence-electron chi connectivity index (χ3n) is 3.87. The standard InChI is InChI=1S/C18H25NO3/c1-12(2)19(13(3)4)8-9-21-15-6-7-16-14(5)10-18(20)22-17(16)11-15/h6-7,10-13H,8-9H2,1-5H3. The molecule has 2 aromatic rings. The number of rotatable bonds is 6. The maximum Gasteiger partial charge on any atom is 0.336 e. The SMILES string of the molecule is Cc1cc(=O)oc2cc(OCCN(C(C)C)C(C)C)ccc12. The molecule has 0 aliphatic heterocycles. The van der Waals surface area contributed by atoms with Gasteiger partial charge in [0.2, 0.25) is 0 Å². The molecule has 4 heteroatoms. The first-order valence-corrected chi connectivity index (χ1v) is 7.81. The molecule has 0 N–H and O–H groups in total. The number of hydrogen-bond donors (Lipinski definition) is 0. The van der Waals surface area contributed by atoms with Crippen LogP contribution in [-0.4, -0.2) is 30.1 Å². The van der Waals surface area contributed by atoms with E-state index >= 15 is 0 Å². The molecular weight excluding hydrogens is 278 g/mol. The molecule has 0 radical (unpaired) electrons. The quantitative estimate of drug-likeness (QED) is 0.765. The summed E-state index contributed by atoms with van der Waals surface area (Å²) in [5, 5.41) is 0.943. The lowest BCUT2D eigenvalue weighted by atomic mass is 10.1. The van der Waals surface area contributed by atoms with Crippen LogP contribution in [0.5, 0.6) is 5.75 Å². The fraction of sp³-hybridized carbons (Fsp3) is 0.500. The highest BCUT2D eigenvalue weighted by Crippen LogP contribution is 2.22. The van der Waals surface area contributed by atoms with Gasteiger partial charge in [-0.25, -0.2) is 4.79 Å². The van der Waals surface area contributed by atoms with Crippen molar-refractivity contribution in [2.75, 3.05) is 13.2 Å². The van der Waals surface area contributed by atoms with Crippen molar-refractivity contribution in [1.29, 1.82) is 0 Å². The fourth-order valence-electron chi connectivity index (χ4n) is 2.78. The Morgan fingerprint density at radius 1 is 1.14 bits per heavy atom. The minimum Gasteiger partial charge on any atom is -0.492 e. The van der Waals surface area contributed by atoms with Gasteiger partial charge in [-0.15, -0.1) is 0 Å². The summed E-state index contributed by atoms with van der Waals surface area (Å²) < 4.78 is 11.1. The summed E-state index contributed by atoms with van der Waals surface area (Å²) in [6.07, 6.45) is 0. The van der Waals surface area contributed by atoms with E-state index in [1.165, 1.54) is 6.07 Å². The maximum absolute atomic E-state index is 11.5.